The van der Waals surface area contributed by atoms with E-state index in [2.05, 4.69) is 6.19 Å². The maximum Gasteiger partial charge on any atom is 0.229 e. The van der Waals surface area contributed by atoms with E-state index in [1.54, 1.807) is 29.0 Å². The van der Waals surface area contributed by atoms with E-state index in [9.17, 15) is 9.59 Å². The lowest BCUT2D eigenvalue weighted by atomic mass is 9.97. The Morgan fingerprint density at radius 2 is 2.17 bits per heavy atom. The zero-order valence-electron chi connectivity index (χ0n) is 14.0. The van der Waals surface area contributed by atoms with Gasteiger partial charge in [0.05, 0.1) is 0 Å². The van der Waals surface area contributed by atoms with E-state index in [-0.39, 0.29) is 23.5 Å². The fourth-order valence-corrected chi connectivity index (χ4v) is 2.87. The number of hydrogen-bond donors (Lipinski definition) is 0. The average Bonchev–Trinajstić information content (AvgIpc) is 3.01. The minimum atomic E-state index is -0.0881. The van der Waals surface area contributed by atoms with Crippen LogP contribution in [0.2, 0.25) is 0 Å². The third-order valence-corrected chi connectivity index (χ3v) is 4.28. The quantitative estimate of drug-likeness (QED) is 0.619. The predicted octanol–water partition coefficient (Wildman–Crippen LogP) is 2.68. The lowest BCUT2D eigenvalue weighted by Crippen LogP contribution is -2.30. The molecule has 5 nitrogen and oxygen atoms in total. The topological polar surface area (TPSA) is 64.4 Å². The summed E-state index contributed by atoms with van der Waals surface area (Å²) in [6, 6.07) is 7.21. The van der Waals surface area contributed by atoms with E-state index in [1.165, 1.54) is 0 Å². The molecule has 1 aromatic carbocycles. The van der Waals surface area contributed by atoms with Gasteiger partial charge in [0, 0.05) is 43.7 Å². The van der Waals surface area contributed by atoms with Gasteiger partial charge < -0.3 is 9.80 Å². The molecule has 1 atom stereocenters. The predicted molar refractivity (Wildman–Crippen MR) is 88.9 cm³/mol. The smallest absolute Gasteiger partial charge is 0.229 e. The molecule has 0 bridgehead atoms. The second-order valence-electron chi connectivity index (χ2n) is 6.43. The van der Waals surface area contributed by atoms with Gasteiger partial charge >= 0.3 is 0 Å². The number of hydrogen-bond acceptors (Lipinski definition) is 4. The Bertz CT molecular complexity index is 633. The van der Waals surface area contributed by atoms with Gasteiger partial charge in [-0.05, 0) is 24.5 Å². The maximum absolute atomic E-state index is 12.5. The maximum atomic E-state index is 12.5. The molecule has 0 unspecified atom stereocenters. The molecule has 1 heterocycles. The molecule has 2 rings (SSSR count). The number of Topliss-reactive ketones (excluding diaryl/α,β-unsaturated/α-hetero) is 1. The first-order valence-corrected chi connectivity index (χ1v) is 7.98. The minimum Gasteiger partial charge on any atom is -0.315 e. The van der Waals surface area contributed by atoms with Gasteiger partial charge in [-0.1, -0.05) is 26.0 Å². The number of nitrogens with zero attached hydrogens (tertiary/aromatic N) is 3. The van der Waals surface area contributed by atoms with Gasteiger partial charge in [0.1, 0.15) is 0 Å². The molecule has 23 heavy (non-hydrogen) atoms. The summed E-state index contributed by atoms with van der Waals surface area (Å²) >= 11 is 0. The highest BCUT2D eigenvalue weighted by Gasteiger charge is 2.24. The second-order valence-corrected chi connectivity index (χ2v) is 6.43. The molecule has 0 spiro atoms. The lowest BCUT2D eigenvalue weighted by Gasteiger charge is -2.20. The van der Waals surface area contributed by atoms with Crippen molar-refractivity contribution in [2.45, 2.75) is 26.7 Å². The van der Waals surface area contributed by atoms with Crippen LogP contribution in [0.15, 0.2) is 24.3 Å². The molecule has 1 saturated heterocycles. The highest BCUT2D eigenvalue weighted by molar-refractivity contribution is 5.99. The fraction of sp³-hybridized carbons (Fsp3) is 0.500. The molecular weight excluding hydrogens is 290 g/mol. The highest BCUT2D eigenvalue weighted by atomic mass is 16.2. The van der Waals surface area contributed by atoms with Crippen molar-refractivity contribution in [3.05, 3.63) is 29.8 Å². The van der Waals surface area contributed by atoms with Crippen LogP contribution < -0.4 is 4.90 Å². The number of carbonyl (C=O) groups is 2. The molecule has 1 fully saturated rings. The zero-order chi connectivity index (χ0) is 17.0. The number of nitriles is 1. The summed E-state index contributed by atoms with van der Waals surface area (Å²) in [5.74, 6) is 0.243. The average molecular weight is 313 g/mol. The number of ketones is 1. The zero-order valence-corrected chi connectivity index (χ0v) is 14.0. The molecule has 0 aromatic heterocycles. The molecule has 0 saturated carbocycles. The van der Waals surface area contributed by atoms with Crippen LogP contribution in [0, 0.1) is 23.3 Å². The summed E-state index contributed by atoms with van der Waals surface area (Å²) in [6.45, 7) is 5.11. The standard InChI is InChI=1S/C18H23N3O2/c1-13(2)18(23)20(3)16-6-4-5-15(10-16)17(22)9-14-7-8-21(11-14)12-19/h4-6,10,13-14H,7-9,11H2,1-3H3/t14-/m0/s1. The first-order valence-electron chi connectivity index (χ1n) is 7.98. The summed E-state index contributed by atoms with van der Waals surface area (Å²) in [4.78, 5) is 27.8. The Labute approximate surface area is 137 Å². The van der Waals surface area contributed by atoms with E-state index in [0.29, 0.717) is 18.5 Å². The van der Waals surface area contributed by atoms with Crippen molar-refractivity contribution in [1.82, 2.24) is 4.90 Å². The van der Waals surface area contributed by atoms with Crippen molar-refractivity contribution in [1.29, 1.82) is 5.26 Å². The Balaban J connectivity index is 2.06. The molecular formula is C18H23N3O2. The van der Waals surface area contributed by atoms with Crippen LogP contribution in [0.5, 0.6) is 0 Å². The molecule has 1 aromatic rings. The molecule has 0 radical (unpaired) electrons. The van der Waals surface area contributed by atoms with Crippen LogP contribution in [0.1, 0.15) is 37.0 Å². The number of rotatable bonds is 5. The van der Waals surface area contributed by atoms with Crippen molar-refractivity contribution in [3.8, 4) is 6.19 Å². The first kappa shape index (κ1) is 17.0. The molecule has 122 valence electrons. The van der Waals surface area contributed by atoms with Crippen LogP contribution in [0.25, 0.3) is 0 Å². The van der Waals surface area contributed by atoms with Gasteiger partial charge in [-0.25, -0.2) is 0 Å². The summed E-state index contributed by atoms with van der Waals surface area (Å²) in [5, 5.41) is 8.88. The first-order chi connectivity index (χ1) is 10.9. The molecule has 1 aliphatic rings. The van der Waals surface area contributed by atoms with E-state index in [4.69, 9.17) is 5.26 Å². The van der Waals surface area contributed by atoms with E-state index in [0.717, 1.165) is 18.7 Å². The van der Waals surface area contributed by atoms with Crippen LogP contribution in [-0.4, -0.2) is 36.7 Å². The van der Waals surface area contributed by atoms with Gasteiger partial charge in [0.15, 0.2) is 12.0 Å². The van der Waals surface area contributed by atoms with Crippen LogP contribution in [0.3, 0.4) is 0 Å². The number of likely N-dealkylation sites (tertiary alicyclic amines) is 1. The Morgan fingerprint density at radius 3 is 2.78 bits per heavy atom. The number of benzene rings is 1. The number of amides is 1. The summed E-state index contributed by atoms with van der Waals surface area (Å²) in [6.07, 6.45) is 3.46. The molecule has 1 amide bonds. The Hall–Kier alpha value is -2.35. The van der Waals surface area contributed by atoms with Gasteiger partial charge in [0.2, 0.25) is 5.91 Å². The summed E-state index contributed by atoms with van der Waals surface area (Å²) in [7, 11) is 1.73. The molecule has 1 aliphatic heterocycles. The molecule has 0 N–H and O–H groups in total. The van der Waals surface area contributed by atoms with Crippen LogP contribution >= 0.6 is 0 Å². The third kappa shape index (κ3) is 4.10. The monoisotopic (exact) mass is 313 g/mol. The summed E-state index contributed by atoms with van der Waals surface area (Å²) in [5.41, 5.74) is 1.36. The SMILES string of the molecule is CC(C)C(=O)N(C)c1cccc(C(=O)C[C@@H]2CCN(C#N)C2)c1. The number of carbonyl (C=O) groups excluding carboxylic acids is 2. The second kappa shape index (κ2) is 7.28. The van der Waals surface area contributed by atoms with Crippen molar-refractivity contribution in [2.24, 2.45) is 11.8 Å². The largest absolute Gasteiger partial charge is 0.315 e. The van der Waals surface area contributed by atoms with Gasteiger partial charge in [-0.2, -0.15) is 5.26 Å². The third-order valence-electron chi connectivity index (χ3n) is 4.28. The molecule has 5 heteroatoms. The van der Waals surface area contributed by atoms with Crippen molar-refractivity contribution >= 4 is 17.4 Å². The van der Waals surface area contributed by atoms with Gasteiger partial charge in [-0.3, -0.25) is 9.59 Å². The van der Waals surface area contributed by atoms with E-state index >= 15 is 0 Å². The van der Waals surface area contributed by atoms with Gasteiger partial charge in [0.25, 0.3) is 0 Å². The van der Waals surface area contributed by atoms with Crippen molar-refractivity contribution in [3.63, 3.8) is 0 Å². The van der Waals surface area contributed by atoms with Crippen LogP contribution in [-0.2, 0) is 4.79 Å². The minimum absolute atomic E-state index is 0.0232. The Kier molecular flexibility index (Phi) is 5.38. The normalized spacial score (nSPS) is 17.2. The van der Waals surface area contributed by atoms with E-state index < -0.39 is 0 Å². The van der Waals surface area contributed by atoms with Crippen molar-refractivity contribution in [2.75, 3.05) is 25.0 Å². The van der Waals surface area contributed by atoms with Crippen molar-refractivity contribution < 1.29 is 9.59 Å². The fourth-order valence-electron chi connectivity index (χ4n) is 2.87. The van der Waals surface area contributed by atoms with E-state index in [1.807, 2.05) is 26.0 Å². The lowest BCUT2D eigenvalue weighted by molar-refractivity contribution is -0.121. The highest BCUT2D eigenvalue weighted by Crippen LogP contribution is 2.23. The summed E-state index contributed by atoms with van der Waals surface area (Å²) < 4.78 is 0. The molecule has 0 aliphatic carbocycles. The number of anilines is 1. The van der Waals surface area contributed by atoms with Crippen LogP contribution in [0.4, 0.5) is 5.69 Å². The van der Waals surface area contributed by atoms with Gasteiger partial charge in [-0.15, -0.1) is 0 Å². The Morgan fingerprint density at radius 1 is 1.43 bits per heavy atom.